The molecule has 2 N–H and O–H groups in total. The molecule has 5 nitrogen and oxygen atoms in total. The van der Waals surface area contributed by atoms with Crippen LogP contribution in [0.25, 0.3) is 5.52 Å². The molecule has 140 valence electrons. The van der Waals surface area contributed by atoms with E-state index in [1.54, 1.807) is 37.4 Å². The molecule has 0 aliphatic heterocycles. The highest BCUT2D eigenvalue weighted by Crippen LogP contribution is 2.21. The van der Waals surface area contributed by atoms with Crippen LogP contribution in [0, 0.1) is 5.82 Å². The molecule has 0 spiro atoms. The molecule has 0 aliphatic carbocycles. The standard InChI is InChI=1S/C20H18ClFN2O3/c1-2-27-20(26)15-9-14(10-23)17-7-6-12(11-24(17)19(15)25)8-13-4-3-5-16(21)18(13)22/h3-7,9,11H,2,8,10,23H2,1H3. The maximum atomic E-state index is 14.2. The number of halogens is 2. The lowest BCUT2D eigenvalue weighted by atomic mass is 10.0. The van der Waals surface area contributed by atoms with Crippen molar-refractivity contribution in [2.45, 2.75) is 19.9 Å². The number of pyridine rings is 2. The summed E-state index contributed by atoms with van der Waals surface area (Å²) in [7, 11) is 0. The minimum Gasteiger partial charge on any atom is -0.462 e. The maximum Gasteiger partial charge on any atom is 0.343 e. The van der Waals surface area contributed by atoms with Gasteiger partial charge in [-0.3, -0.25) is 9.20 Å². The molecule has 0 fully saturated rings. The van der Waals surface area contributed by atoms with E-state index in [1.807, 2.05) is 0 Å². The smallest absolute Gasteiger partial charge is 0.343 e. The molecule has 1 aromatic carbocycles. The average molecular weight is 389 g/mol. The van der Waals surface area contributed by atoms with Crippen molar-refractivity contribution in [1.82, 2.24) is 4.40 Å². The molecule has 3 aromatic rings. The van der Waals surface area contributed by atoms with Crippen LogP contribution in [0.1, 0.15) is 34.0 Å². The fourth-order valence-corrected chi connectivity index (χ4v) is 3.14. The number of nitrogens with zero attached hydrogens (tertiary/aromatic N) is 1. The molecule has 0 unspecified atom stereocenters. The van der Waals surface area contributed by atoms with Crippen molar-refractivity contribution in [1.29, 1.82) is 0 Å². The Hall–Kier alpha value is -2.70. The number of fused-ring (bicyclic) bond motifs is 1. The third-order valence-electron chi connectivity index (χ3n) is 4.25. The number of benzene rings is 1. The van der Waals surface area contributed by atoms with Crippen LogP contribution in [0.4, 0.5) is 4.39 Å². The van der Waals surface area contributed by atoms with Gasteiger partial charge in [0.2, 0.25) is 0 Å². The number of carbonyl (C=O) groups is 1. The van der Waals surface area contributed by atoms with Crippen molar-refractivity contribution in [3.8, 4) is 0 Å². The Balaban J connectivity index is 2.13. The number of aromatic nitrogens is 1. The van der Waals surface area contributed by atoms with E-state index in [0.717, 1.165) is 0 Å². The molecule has 0 atom stereocenters. The summed E-state index contributed by atoms with van der Waals surface area (Å²) in [5.41, 5.74) is 7.52. The van der Waals surface area contributed by atoms with Gasteiger partial charge in [-0.05, 0) is 41.8 Å². The number of hydrogen-bond donors (Lipinski definition) is 1. The topological polar surface area (TPSA) is 73.8 Å². The van der Waals surface area contributed by atoms with Crippen molar-refractivity contribution in [2.24, 2.45) is 5.73 Å². The molecular formula is C20H18ClFN2O3. The summed E-state index contributed by atoms with van der Waals surface area (Å²) in [6.45, 7) is 1.98. The number of carbonyl (C=O) groups excluding carboxylic acids is 1. The van der Waals surface area contributed by atoms with Crippen molar-refractivity contribution in [2.75, 3.05) is 6.61 Å². The first-order chi connectivity index (χ1) is 13.0. The Morgan fingerprint density at radius 1 is 1.26 bits per heavy atom. The third kappa shape index (κ3) is 3.72. The zero-order valence-corrected chi connectivity index (χ0v) is 15.4. The zero-order chi connectivity index (χ0) is 19.6. The van der Waals surface area contributed by atoms with Crippen molar-refractivity contribution in [3.63, 3.8) is 0 Å². The van der Waals surface area contributed by atoms with E-state index in [1.165, 1.54) is 16.5 Å². The van der Waals surface area contributed by atoms with E-state index in [2.05, 4.69) is 0 Å². The SMILES string of the molecule is CCOC(=O)c1cc(CN)c2ccc(Cc3cccc(Cl)c3F)cn2c1=O. The first-order valence-electron chi connectivity index (χ1n) is 8.43. The first-order valence-corrected chi connectivity index (χ1v) is 8.81. The van der Waals surface area contributed by atoms with Crippen LogP contribution in [0.15, 0.2) is 47.4 Å². The van der Waals surface area contributed by atoms with E-state index >= 15 is 0 Å². The van der Waals surface area contributed by atoms with E-state index in [4.69, 9.17) is 22.1 Å². The predicted molar refractivity (Wildman–Crippen MR) is 102 cm³/mol. The van der Waals surface area contributed by atoms with Gasteiger partial charge in [0.1, 0.15) is 11.4 Å². The van der Waals surface area contributed by atoms with E-state index in [9.17, 15) is 14.0 Å². The molecule has 0 saturated heterocycles. The molecule has 2 aromatic heterocycles. The molecule has 2 heterocycles. The Kier molecular flexibility index (Phi) is 5.58. The highest BCUT2D eigenvalue weighted by molar-refractivity contribution is 6.30. The lowest BCUT2D eigenvalue weighted by molar-refractivity contribution is 0.0524. The van der Waals surface area contributed by atoms with Crippen LogP contribution in [-0.4, -0.2) is 17.0 Å². The molecule has 0 aliphatic rings. The summed E-state index contributed by atoms with van der Waals surface area (Å²) in [4.78, 5) is 24.9. The summed E-state index contributed by atoms with van der Waals surface area (Å²) in [5.74, 6) is -1.19. The lowest BCUT2D eigenvalue weighted by Gasteiger charge is -2.12. The largest absolute Gasteiger partial charge is 0.462 e. The molecule has 0 radical (unpaired) electrons. The fourth-order valence-electron chi connectivity index (χ4n) is 2.94. The second kappa shape index (κ2) is 7.90. The summed E-state index contributed by atoms with van der Waals surface area (Å²) in [5, 5.41) is 0.0421. The van der Waals surface area contributed by atoms with Crippen molar-refractivity contribution >= 4 is 23.1 Å². The predicted octanol–water partition coefficient (Wildman–Crippen LogP) is 3.32. The van der Waals surface area contributed by atoms with Gasteiger partial charge < -0.3 is 10.5 Å². The number of esters is 1. The van der Waals surface area contributed by atoms with Crippen LogP contribution in [0.2, 0.25) is 5.02 Å². The van der Waals surface area contributed by atoms with Crippen molar-refractivity contribution in [3.05, 3.63) is 86.0 Å². The zero-order valence-electron chi connectivity index (χ0n) is 14.7. The average Bonchev–Trinajstić information content (AvgIpc) is 2.66. The van der Waals surface area contributed by atoms with Crippen LogP contribution >= 0.6 is 11.6 Å². The van der Waals surface area contributed by atoms with Crippen LogP contribution < -0.4 is 11.3 Å². The van der Waals surface area contributed by atoms with Gasteiger partial charge in [-0.1, -0.05) is 29.8 Å². The van der Waals surface area contributed by atoms with E-state index < -0.39 is 17.3 Å². The van der Waals surface area contributed by atoms with Gasteiger partial charge in [-0.25, -0.2) is 9.18 Å². The molecule has 27 heavy (non-hydrogen) atoms. The van der Waals surface area contributed by atoms with Gasteiger partial charge in [-0.15, -0.1) is 0 Å². The van der Waals surface area contributed by atoms with Gasteiger partial charge in [0, 0.05) is 19.2 Å². The van der Waals surface area contributed by atoms with Crippen LogP contribution in [-0.2, 0) is 17.7 Å². The number of nitrogens with two attached hydrogens (primary N) is 1. The monoisotopic (exact) mass is 388 g/mol. The van der Waals surface area contributed by atoms with Gasteiger partial charge in [0.25, 0.3) is 5.56 Å². The van der Waals surface area contributed by atoms with Gasteiger partial charge in [0.15, 0.2) is 0 Å². The summed E-state index contributed by atoms with van der Waals surface area (Å²) in [6, 6.07) is 9.76. The van der Waals surface area contributed by atoms with Gasteiger partial charge in [-0.2, -0.15) is 0 Å². The van der Waals surface area contributed by atoms with Crippen molar-refractivity contribution < 1.29 is 13.9 Å². The molecule has 0 amide bonds. The Bertz CT molecular complexity index is 1080. The summed E-state index contributed by atoms with van der Waals surface area (Å²) in [6.07, 6.45) is 1.83. The highest BCUT2D eigenvalue weighted by Gasteiger charge is 2.17. The normalized spacial score (nSPS) is 11.0. The van der Waals surface area contributed by atoms with Gasteiger partial charge >= 0.3 is 5.97 Å². The van der Waals surface area contributed by atoms with Crippen LogP contribution in [0.5, 0.6) is 0 Å². The molecular weight excluding hydrogens is 371 g/mol. The first kappa shape index (κ1) is 19.1. The molecule has 7 heteroatoms. The fraction of sp³-hybridized carbons (Fsp3) is 0.200. The number of ether oxygens (including phenoxy) is 1. The van der Waals surface area contributed by atoms with Crippen LogP contribution in [0.3, 0.4) is 0 Å². The van der Waals surface area contributed by atoms with Gasteiger partial charge in [0.05, 0.1) is 17.1 Å². The molecule has 0 bridgehead atoms. The third-order valence-corrected chi connectivity index (χ3v) is 4.54. The Morgan fingerprint density at radius 3 is 2.74 bits per heavy atom. The lowest BCUT2D eigenvalue weighted by Crippen LogP contribution is -2.25. The number of rotatable bonds is 5. The minimum absolute atomic E-state index is 0.0421. The second-order valence-corrected chi connectivity index (χ2v) is 6.40. The summed E-state index contributed by atoms with van der Waals surface area (Å²) >= 11 is 5.83. The van der Waals surface area contributed by atoms with E-state index in [-0.39, 0.29) is 30.2 Å². The maximum absolute atomic E-state index is 14.2. The Morgan fingerprint density at radius 2 is 2.04 bits per heavy atom. The van der Waals surface area contributed by atoms with E-state index in [0.29, 0.717) is 22.2 Å². The minimum atomic E-state index is -0.696. The quantitative estimate of drug-likeness (QED) is 0.680. The Labute approximate surface area is 160 Å². The highest BCUT2D eigenvalue weighted by atomic mass is 35.5. The molecule has 3 rings (SSSR count). The second-order valence-electron chi connectivity index (χ2n) is 6.00. The molecule has 0 saturated carbocycles. The summed E-state index contributed by atoms with van der Waals surface area (Å²) < 4.78 is 20.5. The number of hydrogen-bond acceptors (Lipinski definition) is 4.